The molecule has 0 aliphatic carbocycles. The van der Waals surface area contributed by atoms with Gasteiger partial charge in [-0.3, -0.25) is 9.59 Å². The standard InChI is InChI=1S/C27H22N6O3/c1-17(13-28)27(35)33-12-11-19(15-33)32-26-23-22(14-29-25(23)30-16-31-26)24(34)18-7-9-21(10-8-18)36-20-5-3-2-4-6-20/h2-10,14,16,19H,1,11-12,15H2,(H2,29,30,31,32). The Kier molecular flexibility index (Phi) is 6.16. The molecule has 1 aliphatic heterocycles. The number of aromatic amines is 1. The van der Waals surface area contributed by atoms with Crippen molar-refractivity contribution in [1.29, 1.82) is 5.26 Å². The third-order valence-electron chi connectivity index (χ3n) is 6.02. The highest BCUT2D eigenvalue weighted by Crippen LogP contribution is 2.28. The molecule has 0 radical (unpaired) electrons. The second-order valence-electron chi connectivity index (χ2n) is 8.39. The van der Waals surface area contributed by atoms with E-state index < -0.39 is 0 Å². The fourth-order valence-corrected chi connectivity index (χ4v) is 4.20. The Balaban J connectivity index is 1.35. The smallest absolute Gasteiger partial charge is 0.263 e. The van der Waals surface area contributed by atoms with Crippen molar-refractivity contribution in [2.24, 2.45) is 0 Å². The van der Waals surface area contributed by atoms with E-state index in [1.54, 1.807) is 41.4 Å². The van der Waals surface area contributed by atoms with Crippen LogP contribution in [-0.2, 0) is 4.79 Å². The van der Waals surface area contributed by atoms with Gasteiger partial charge in [-0.15, -0.1) is 0 Å². The fraction of sp³-hybridized carbons (Fsp3) is 0.148. The number of carbonyl (C=O) groups excluding carboxylic acids is 2. The van der Waals surface area contributed by atoms with Gasteiger partial charge in [0.25, 0.3) is 5.91 Å². The van der Waals surface area contributed by atoms with E-state index in [1.807, 2.05) is 30.3 Å². The van der Waals surface area contributed by atoms with Gasteiger partial charge in [0.1, 0.15) is 40.9 Å². The molecular formula is C27H22N6O3. The van der Waals surface area contributed by atoms with Crippen LogP contribution in [0.5, 0.6) is 11.5 Å². The Morgan fingerprint density at radius 1 is 1.11 bits per heavy atom. The number of benzene rings is 2. The highest BCUT2D eigenvalue weighted by molar-refractivity contribution is 6.18. The van der Waals surface area contributed by atoms with Crippen LogP contribution >= 0.6 is 0 Å². The van der Waals surface area contributed by atoms with E-state index >= 15 is 0 Å². The Morgan fingerprint density at radius 2 is 1.86 bits per heavy atom. The third kappa shape index (κ3) is 4.52. The van der Waals surface area contributed by atoms with E-state index in [4.69, 9.17) is 10.00 Å². The van der Waals surface area contributed by atoms with Gasteiger partial charge >= 0.3 is 0 Å². The molecule has 1 unspecified atom stereocenters. The van der Waals surface area contributed by atoms with Crippen LogP contribution in [0, 0.1) is 11.3 Å². The van der Waals surface area contributed by atoms with Gasteiger partial charge in [0.2, 0.25) is 0 Å². The van der Waals surface area contributed by atoms with Gasteiger partial charge in [0.05, 0.1) is 10.9 Å². The molecule has 2 aromatic heterocycles. The number of ketones is 1. The van der Waals surface area contributed by atoms with Gasteiger partial charge in [0, 0.05) is 30.9 Å². The van der Waals surface area contributed by atoms with Crippen LogP contribution in [0.25, 0.3) is 11.0 Å². The van der Waals surface area contributed by atoms with Crippen molar-refractivity contribution in [1.82, 2.24) is 19.9 Å². The SMILES string of the molecule is C=C(C#N)C(=O)N1CCC(Nc2ncnc3[nH]cc(C(=O)c4ccc(Oc5ccccc5)cc4)c23)C1. The van der Waals surface area contributed by atoms with Crippen molar-refractivity contribution >= 4 is 28.5 Å². The molecule has 1 saturated heterocycles. The van der Waals surface area contributed by atoms with Crippen LogP contribution < -0.4 is 10.1 Å². The number of hydrogen-bond donors (Lipinski definition) is 2. The van der Waals surface area contributed by atoms with Gasteiger partial charge in [-0.25, -0.2) is 9.97 Å². The number of likely N-dealkylation sites (tertiary alicyclic amines) is 1. The molecule has 5 rings (SSSR count). The van der Waals surface area contributed by atoms with E-state index in [0.717, 1.165) is 0 Å². The minimum absolute atomic E-state index is 0.0845. The number of rotatable bonds is 7. The molecule has 36 heavy (non-hydrogen) atoms. The van der Waals surface area contributed by atoms with Gasteiger partial charge in [0.15, 0.2) is 5.78 Å². The lowest BCUT2D eigenvalue weighted by atomic mass is 10.0. The average molecular weight is 479 g/mol. The van der Waals surface area contributed by atoms with Gasteiger partial charge in [-0.2, -0.15) is 5.26 Å². The number of nitriles is 1. The molecule has 3 heterocycles. The summed E-state index contributed by atoms with van der Waals surface area (Å²) in [6.07, 6.45) is 3.72. The van der Waals surface area contributed by atoms with Gasteiger partial charge in [-0.1, -0.05) is 24.8 Å². The number of ether oxygens (including phenoxy) is 1. The molecular weight excluding hydrogens is 456 g/mol. The molecule has 0 spiro atoms. The van der Waals surface area contributed by atoms with E-state index in [2.05, 4.69) is 26.8 Å². The van der Waals surface area contributed by atoms with Crippen LogP contribution in [0.4, 0.5) is 5.82 Å². The summed E-state index contributed by atoms with van der Waals surface area (Å²) < 4.78 is 5.82. The topological polar surface area (TPSA) is 124 Å². The van der Waals surface area contributed by atoms with Crippen molar-refractivity contribution in [3.63, 3.8) is 0 Å². The Bertz CT molecular complexity index is 1490. The van der Waals surface area contributed by atoms with Crippen molar-refractivity contribution in [3.8, 4) is 17.6 Å². The molecule has 9 nitrogen and oxygen atoms in total. The molecule has 1 aliphatic rings. The molecule has 0 bridgehead atoms. The number of H-pyrrole nitrogens is 1. The van der Waals surface area contributed by atoms with Crippen molar-refractivity contribution < 1.29 is 14.3 Å². The normalized spacial score (nSPS) is 14.9. The summed E-state index contributed by atoms with van der Waals surface area (Å²) in [5.41, 5.74) is 1.38. The molecule has 2 N–H and O–H groups in total. The van der Waals surface area contributed by atoms with E-state index in [9.17, 15) is 9.59 Å². The molecule has 1 fully saturated rings. The number of hydrogen-bond acceptors (Lipinski definition) is 7. The van der Waals surface area contributed by atoms with Crippen LogP contribution in [0.3, 0.4) is 0 Å². The summed E-state index contributed by atoms with van der Waals surface area (Å²) in [7, 11) is 0. The molecule has 1 amide bonds. The summed E-state index contributed by atoms with van der Waals surface area (Å²) in [6, 6.07) is 18.1. The molecule has 1 atom stereocenters. The monoisotopic (exact) mass is 478 g/mol. The Morgan fingerprint density at radius 3 is 2.61 bits per heavy atom. The lowest BCUT2D eigenvalue weighted by Crippen LogP contribution is -2.32. The lowest BCUT2D eigenvalue weighted by molar-refractivity contribution is -0.125. The third-order valence-corrected chi connectivity index (χ3v) is 6.02. The second-order valence-corrected chi connectivity index (χ2v) is 8.39. The molecule has 178 valence electrons. The zero-order valence-corrected chi connectivity index (χ0v) is 19.3. The largest absolute Gasteiger partial charge is 0.457 e. The van der Waals surface area contributed by atoms with Crippen molar-refractivity contribution in [2.45, 2.75) is 12.5 Å². The average Bonchev–Trinajstić information content (AvgIpc) is 3.56. The van der Waals surface area contributed by atoms with Crippen LogP contribution in [0.15, 0.2) is 79.3 Å². The van der Waals surface area contributed by atoms with Gasteiger partial charge in [-0.05, 0) is 42.8 Å². The van der Waals surface area contributed by atoms with Crippen LogP contribution in [0.2, 0.25) is 0 Å². The molecule has 2 aromatic carbocycles. The number of para-hydroxylation sites is 1. The fourth-order valence-electron chi connectivity index (χ4n) is 4.20. The number of carbonyl (C=O) groups is 2. The first-order valence-corrected chi connectivity index (χ1v) is 11.4. The highest BCUT2D eigenvalue weighted by atomic mass is 16.5. The van der Waals surface area contributed by atoms with E-state index in [1.165, 1.54) is 6.33 Å². The summed E-state index contributed by atoms with van der Waals surface area (Å²) in [5, 5.41) is 12.9. The lowest BCUT2D eigenvalue weighted by Gasteiger charge is -2.17. The Hall–Kier alpha value is -4.97. The molecule has 0 saturated carbocycles. The molecule has 9 heteroatoms. The number of fused-ring (bicyclic) bond motifs is 1. The predicted octanol–water partition coefficient (Wildman–Crippen LogP) is 4.07. The summed E-state index contributed by atoms with van der Waals surface area (Å²) >= 11 is 0. The number of nitrogens with one attached hydrogen (secondary N) is 2. The predicted molar refractivity (Wildman–Crippen MR) is 134 cm³/mol. The first-order valence-electron chi connectivity index (χ1n) is 11.4. The number of anilines is 1. The first-order chi connectivity index (χ1) is 17.5. The number of nitrogens with zero attached hydrogens (tertiary/aromatic N) is 4. The zero-order chi connectivity index (χ0) is 25.1. The number of amides is 1. The van der Waals surface area contributed by atoms with Crippen molar-refractivity contribution in [3.05, 3.63) is 90.4 Å². The van der Waals surface area contributed by atoms with Crippen LogP contribution in [0.1, 0.15) is 22.3 Å². The maximum atomic E-state index is 13.4. The second kappa shape index (κ2) is 9.72. The summed E-state index contributed by atoms with van der Waals surface area (Å²) in [6.45, 7) is 4.41. The Labute approximate surface area is 207 Å². The van der Waals surface area contributed by atoms with Crippen molar-refractivity contribution in [2.75, 3.05) is 18.4 Å². The van der Waals surface area contributed by atoms with E-state index in [0.29, 0.717) is 59.0 Å². The first kappa shape index (κ1) is 22.8. The van der Waals surface area contributed by atoms with E-state index in [-0.39, 0.29) is 23.3 Å². The maximum absolute atomic E-state index is 13.4. The highest BCUT2D eigenvalue weighted by Gasteiger charge is 2.29. The van der Waals surface area contributed by atoms with Crippen LogP contribution in [-0.4, -0.2) is 50.7 Å². The maximum Gasteiger partial charge on any atom is 0.263 e. The minimum Gasteiger partial charge on any atom is -0.457 e. The quantitative estimate of drug-likeness (QED) is 0.233. The summed E-state index contributed by atoms with van der Waals surface area (Å²) in [5.74, 6) is 1.30. The molecule has 4 aromatic rings. The van der Waals surface area contributed by atoms with Gasteiger partial charge < -0.3 is 19.9 Å². The zero-order valence-electron chi connectivity index (χ0n) is 19.3. The number of aromatic nitrogens is 3. The summed E-state index contributed by atoms with van der Waals surface area (Å²) in [4.78, 5) is 38.9. The minimum atomic E-state index is -0.369.